The molecule has 1 aliphatic heterocycles. The summed E-state index contributed by atoms with van der Waals surface area (Å²) in [6.45, 7) is 7.79. The van der Waals surface area contributed by atoms with Crippen molar-refractivity contribution in [2.24, 2.45) is 0 Å². The quantitative estimate of drug-likeness (QED) is 0.660. The van der Waals surface area contributed by atoms with Crippen LogP contribution in [0, 0.1) is 10.1 Å². The summed E-state index contributed by atoms with van der Waals surface area (Å²) in [5.74, 6) is 1.83. The molecule has 1 aliphatic rings. The van der Waals surface area contributed by atoms with E-state index >= 15 is 0 Å². The number of aromatic nitrogens is 2. The molecule has 21 heavy (non-hydrogen) atoms. The molecule has 1 saturated heterocycles. The number of hydrogen-bond donors (Lipinski definition) is 1. The Morgan fingerprint density at radius 1 is 1.57 bits per heavy atom. The molecule has 0 radical (unpaired) electrons. The average molecular weight is 311 g/mol. The van der Waals surface area contributed by atoms with E-state index in [2.05, 4.69) is 29.1 Å². The zero-order valence-electron chi connectivity index (χ0n) is 12.6. The highest BCUT2D eigenvalue weighted by Gasteiger charge is 2.31. The highest BCUT2D eigenvalue weighted by atomic mass is 32.2. The summed E-state index contributed by atoms with van der Waals surface area (Å²) in [4.78, 5) is 21.3. The third-order valence-electron chi connectivity index (χ3n) is 3.64. The molecule has 1 aromatic rings. The number of hydrogen-bond acceptors (Lipinski definition) is 7. The molecule has 7 nitrogen and oxygen atoms in total. The van der Waals surface area contributed by atoms with Crippen molar-refractivity contribution >= 4 is 29.2 Å². The standard InChI is InChI=1S/C13H21N5O2S/c1-4-5-14-13-15-8-11(18(19)20)12(16-13)17-6-7-21-10(3)9(17)2/h8-10H,4-7H2,1-3H3,(H,14,15,16). The molecule has 0 spiro atoms. The van der Waals surface area contributed by atoms with Gasteiger partial charge in [-0.25, -0.2) is 4.98 Å². The van der Waals surface area contributed by atoms with Gasteiger partial charge >= 0.3 is 5.69 Å². The summed E-state index contributed by atoms with van der Waals surface area (Å²) in [5.41, 5.74) is -0.0250. The third kappa shape index (κ3) is 3.55. The highest BCUT2D eigenvalue weighted by molar-refractivity contribution is 8.00. The molecule has 1 N–H and O–H groups in total. The highest BCUT2D eigenvalue weighted by Crippen LogP contribution is 2.33. The maximum atomic E-state index is 11.3. The molecule has 1 fully saturated rings. The van der Waals surface area contributed by atoms with E-state index in [4.69, 9.17) is 0 Å². The largest absolute Gasteiger partial charge is 0.354 e. The number of nitrogens with zero attached hydrogens (tertiary/aromatic N) is 4. The zero-order chi connectivity index (χ0) is 15.4. The van der Waals surface area contributed by atoms with Crippen LogP contribution < -0.4 is 10.2 Å². The smallest absolute Gasteiger partial charge is 0.329 e. The van der Waals surface area contributed by atoms with E-state index in [0.717, 1.165) is 25.3 Å². The average Bonchev–Trinajstić information content (AvgIpc) is 2.47. The van der Waals surface area contributed by atoms with Gasteiger partial charge in [-0.2, -0.15) is 16.7 Å². The van der Waals surface area contributed by atoms with Gasteiger partial charge in [0.1, 0.15) is 6.20 Å². The van der Waals surface area contributed by atoms with Crippen LogP contribution in [0.15, 0.2) is 6.20 Å². The Morgan fingerprint density at radius 2 is 2.33 bits per heavy atom. The summed E-state index contributed by atoms with van der Waals surface area (Å²) in [7, 11) is 0. The van der Waals surface area contributed by atoms with Crippen molar-refractivity contribution in [3.63, 3.8) is 0 Å². The molecule has 0 amide bonds. The van der Waals surface area contributed by atoms with Crippen LogP contribution >= 0.6 is 11.8 Å². The molecule has 0 bridgehead atoms. The molecule has 1 aromatic heterocycles. The predicted octanol–water partition coefficient (Wildman–Crippen LogP) is 2.54. The monoisotopic (exact) mass is 311 g/mol. The molecule has 0 saturated carbocycles. The van der Waals surface area contributed by atoms with Gasteiger partial charge in [-0.15, -0.1) is 0 Å². The zero-order valence-corrected chi connectivity index (χ0v) is 13.4. The fourth-order valence-electron chi connectivity index (χ4n) is 2.26. The molecule has 0 aliphatic carbocycles. The van der Waals surface area contributed by atoms with E-state index in [1.54, 1.807) is 0 Å². The number of rotatable bonds is 5. The molecule has 116 valence electrons. The van der Waals surface area contributed by atoms with E-state index in [-0.39, 0.29) is 11.7 Å². The van der Waals surface area contributed by atoms with Crippen molar-refractivity contribution in [1.82, 2.24) is 9.97 Å². The summed E-state index contributed by atoms with van der Waals surface area (Å²) in [6, 6.07) is 0.205. The Hall–Kier alpha value is -1.57. The normalized spacial score (nSPS) is 22.1. The minimum Gasteiger partial charge on any atom is -0.354 e. The van der Waals surface area contributed by atoms with Crippen molar-refractivity contribution in [2.75, 3.05) is 29.1 Å². The lowest BCUT2D eigenvalue weighted by molar-refractivity contribution is -0.384. The van der Waals surface area contributed by atoms with Crippen molar-refractivity contribution in [3.05, 3.63) is 16.3 Å². The van der Waals surface area contributed by atoms with E-state index in [1.807, 2.05) is 23.6 Å². The summed E-state index contributed by atoms with van der Waals surface area (Å²) in [5, 5.41) is 14.8. The van der Waals surface area contributed by atoms with Crippen molar-refractivity contribution in [2.45, 2.75) is 38.5 Å². The Morgan fingerprint density at radius 3 is 3.00 bits per heavy atom. The molecule has 2 heterocycles. The van der Waals surface area contributed by atoms with Crippen molar-refractivity contribution in [3.8, 4) is 0 Å². The second-order valence-corrected chi connectivity index (χ2v) is 6.58. The summed E-state index contributed by atoms with van der Waals surface area (Å²) < 4.78 is 0. The topological polar surface area (TPSA) is 84.2 Å². The minimum atomic E-state index is -0.405. The van der Waals surface area contributed by atoms with Gasteiger partial charge in [0.25, 0.3) is 0 Å². The van der Waals surface area contributed by atoms with Crippen LogP contribution in [0.25, 0.3) is 0 Å². The fraction of sp³-hybridized carbons (Fsp3) is 0.692. The van der Waals surface area contributed by atoms with Crippen LogP contribution in [-0.4, -0.2) is 45.0 Å². The van der Waals surface area contributed by atoms with E-state index in [9.17, 15) is 10.1 Å². The van der Waals surface area contributed by atoms with Crippen LogP contribution in [0.2, 0.25) is 0 Å². The second kappa shape index (κ2) is 6.93. The Kier molecular flexibility index (Phi) is 5.22. The summed E-state index contributed by atoms with van der Waals surface area (Å²) >= 11 is 1.89. The van der Waals surface area contributed by atoms with Crippen LogP contribution in [0.3, 0.4) is 0 Å². The van der Waals surface area contributed by atoms with Crippen molar-refractivity contribution < 1.29 is 4.92 Å². The number of nitro groups is 1. The minimum absolute atomic E-state index is 0.0250. The number of anilines is 2. The molecule has 2 unspecified atom stereocenters. The predicted molar refractivity (Wildman–Crippen MR) is 86.2 cm³/mol. The van der Waals surface area contributed by atoms with Crippen LogP contribution in [0.1, 0.15) is 27.2 Å². The second-order valence-electron chi connectivity index (χ2n) is 5.10. The van der Waals surface area contributed by atoms with Crippen LogP contribution in [-0.2, 0) is 0 Å². The van der Waals surface area contributed by atoms with Gasteiger partial charge in [0, 0.05) is 30.1 Å². The lowest BCUT2D eigenvalue weighted by atomic mass is 10.2. The van der Waals surface area contributed by atoms with Gasteiger partial charge in [0.2, 0.25) is 11.8 Å². The van der Waals surface area contributed by atoms with Gasteiger partial charge in [0.05, 0.1) is 4.92 Å². The molecule has 2 rings (SSSR count). The lowest BCUT2D eigenvalue weighted by Gasteiger charge is -2.37. The van der Waals surface area contributed by atoms with Gasteiger partial charge in [-0.1, -0.05) is 13.8 Å². The van der Waals surface area contributed by atoms with E-state index < -0.39 is 4.92 Å². The van der Waals surface area contributed by atoms with Gasteiger partial charge in [0.15, 0.2) is 0 Å². The molecular formula is C13H21N5O2S. The van der Waals surface area contributed by atoms with Gasteiger partial charge in [-0.3, -0.25) is 10.1 Å². The molecule has 8 heteroatoms. The van der Waals surface area contributed by atoms with Crippen LogP contribution in [0.4, 0.5) is 17.5 Å². The third-order valence-corrected chi connectivity index (χ3v) is 4.97. The van der Waals surface area contributed by atoms with E-state index in [1.165, 1.54) is 6.20 Å². The lowest BCUT2D eigenvalue weighted by Crippen LogP contribution is -2.45. The van der Waals surface area contributed by atoms with Crippen molar-refractivity contribution in [1.29, 1.82) is 0 Å². The van der Waals surface area contributed by atoms with Gasteiger partial charge < -0.3 is 10.2 Å². The SMILES string of the molecule is CCCNc1ncc([N+](=O)[O-])c(N2CCSC(C)C2C)n1. The number of nitrogens with one attached hydrogen (secondary N) is 1. The first-order valence-electron chi connectivity index (χ1n) is 7.18. The summed E-state index contributed by atoms with van der Waals surface area (Å²) in [6.07, 6.45) is 2.25. The first-order chi connectivity index (χ1) is 10.0. The molecule has 2 atom stereocenters. The molecular weight excluding hydrogens is 290 g/mol. The Labute approximate surface area is 128 Å². The Bertz CT molecular complexity index is 513. The fourth-order valence-corrected chi connectivity index (χ4v) is 3.36. The maximum Gasteiger partial charge on any atom is 0.329 e. The first kappa shape index (κ1) is 15.8. The van der Waals surface area contributed by atoms with E-state index in [0.29, 0.717) is 17.0 Å². The first-order valence-corrected chi connectivity index (χ1v) is 8.23. The maximum absolute atomic E-state index is 11.3. The van der Waals surface area contributed by atoms with Crippen LogP contribution in [0.5, 0.6) is 0 Å². The molecule has 0 aromatic carbocycles. The van der Waals surface area contributed by atoms with Gasteiger partial charge in [-0.05, 0) is 13.3 Å². The Balaban J connectivity index is 2.35. The number of thioether (sulfide) groups is 1.